The molecule has 4 aromatic heterocycles. The number of hydrogen-bond donors (Lipinski definition) is 3. The number of hydrogen-bond acceptors (Lipinski definition) is 9. The van der Waals surface area contributed by atoms with Crippen LogP contribution in [0.25, 0.3) is 16.9 Å². The van der Waals surface area contributed by atoms with Gasteiger partial charge in [-0.3, -0.25) is 14.2 Å². The van der Waals surface area contributed by atoms with Gasteiger partial charge in [0.2, 0.25) is 5.58 Å². The number of nitrogens with one attached hydrogen (secondary N) is 3. The number of rotatable bonds is 7. The monoisotopic (exact) mass is 479 g/mol. The normalized spacial score (nSPS) is 17.1. The first-order chi connectivity index (χ1) is 17.0. The van der Waals surface area contributed by atoms with Gasteiger partial charge >= 0.3 is 0 Å². The predicted molar refractivity (Wildman–Crippen MR) is 126 cm³/mol. The third kappa shape index (κ3) is 4.08. The summed E-state index contributed by atoms with van der Waals surface area (Å²) in [6.45, 7) is 0. The van der Waals surface area contributed by atoms with Crippen LogP contribution in [-0.4, -0.2) is 51.9 Å². The molecule has 0 saturated heterocycles. The van der Waals surface area contributed by atoms with Crippen molar-refractivity contribution in [3.05, 3.63) is 64.6 Å². The number of ether oxygens (including phenoxy) is 1. The molecule has 11 nitrogen and oxygen atoms in total. The van der Waals surface area contributed by atoms with Gasteiger partial charge in [0.25, 0.3) is 11.5 Å². The lowest BCUT2D eigenvalue weighted by Crippen LogP contribution is -2.51. The van der Waals surface area contributed by atoms with Crippen molar-refractivity contribution in [2.45, 2.75) is 25.0 Å². The van der Waals surface area contributed by atoms with Crippen LogP contribution in [0.3, 0.4) is 0 Å². The highest BCUT2D eigenvalue weighted by Gasteiger charge is 2.33. The Morgan fingerprint density at radius 3 is 2.83 bits per heavy atom. The number of methoxy groups -OCH3 is 1. The molecule has 4 aromatic rings. The first kappa shape index (κ1) is 22.5. The zero-order valence-corrected chi connectivity index (χ0v) is 18.9. The van der Waals surface area contributed by atoms with Crippen molar-refractivity contribution < 1.29 is 18.4 Å². The van der Waals surface area contributed by atoms with E-state index >= 15 is 0 Å². The minimum absolute atomic E-state index is 0.0166. The number of amides is 1. The fourth-order valence-electron chi connectivity index (χ4n) is 3.92. The Morgan fingerprint density at radius 2 is 2.11 bits per heavy atom. The molecule has 5 rings (SSSR count). The summed E-state index contributed by atoms with van der Waals surface area (Å²) in [4.78, 5) is 34.3. The SMILES string of the molecule is CNc1cc(Nc2cccn(-c3ncccc3F)c2=O)nc2c(C(=O)N[C@@H]3CC[C@H]3OC)noc12. The van der Waals surface area contributed by atoms with Crippen molar-refractivity contribution in [1.82, 2.24) is 25.0 Å². The third-order valence-corrected chi connectivity index (χ3v) is 5.92. The van der Waals surface area contributed by atoms with Crippen LogP contribution in [-0.2, 0) is 4.74 Å². The molecule has 0 aromatic carbocycles. The Labute approximate surface area is 198 Å². The maximum Gasteiger partial charge on any atom is 0.280 e. The van der Waals surface area contributed by atoms with E-state index in [1.165, 1.54) is 30.6 Å². The van der Waals surface area contributed by atoms with Crippen LogP contribution >= 0.6 is 0 Å². The average molecular weight is 479 g/mol. The van der Waals surface area contributed by atoms with Crippen LogP contribution in [0, 0.1) is 5.82 Å². The van der Waals surface area contributed by atoms with E-state index in [0.29, 0.717) is 11.3 Å². The molecule has 0 radical (unpaired) electrons. The minimum atomic E-state index is -0.633. The van der Waals surface area contributed by atoms with Gasteiger partial charge in [0.15, 0.2) is 17.3 Å². The molecule has 0 spiro atoms. The van der Waals surface area contributed by atoms with E-state index in [0.717, 1.165) is 17.4 Å². The fraction of sp³-hybridized carbons (Fsp3) is 0.261. The Hall–Kier alpha value is -4.32. The van der Waals surface area contributed by atoms with Crippen molar-refractivity contribution in [1.29, 1.82) is 0 Å². The van der Waals surface area contributed by atoms with E-state index in [2.05, 4.69) is 31.1 Å². The third-order valence-electron chi connectivity index (χ3n) is 5.92. The summed E-state index contributed by atoms with van der Waals surface area (Å²) >= 11 is 0. The number of pyridine rings is 3. The number of carbonyl (C=O) groups is 1. The van der Waals surface area contributed by atoms with Gasteiger partial charge in [-0.1, -0.05) is 5.16 Å². The molecule has 1 amide bonds. The molecule has 1 saturated carbocycles. The molecular formula is C23H22FN7O4. The smallest absolute Gasteiger partial charge is 0.280 e. The molecule has 0 unspecified atom stereocenters. The van der Waals surface area contributed by atoms with Crippen LogP contribution in [0.5, 0.6) is 0 Å². The molecule has 3 N–H and O–H groups in total. The second kappa shape index (κ2) is 9.14. The van der Waals surface area contributed by atoms with E-state index < -0.39 is 17.3 Å². The summed E-state index contributed by atoms with van der Waals surface area (Å²) in [5, 5.41) is 12.7. The quantitative estimate of drug-likeness (QED) is 0.365. The average Bonchev–Trinajstić information content (AvgIpc) is 3.27. The van der Waals surface area contributed by atoms with Crippen molar-refractivity contribution in [2.75, 3.05) is 24.8 Å². The van der Waals surface area contributed by atoms with E-state index in [4.69, 9.17) is 9.26 Å². The Morgan fingerprint density at radius 1 is 1.26 bits per heavy atom. The van der Waals surface area contributed by atoms with Gasteiger partial charge in [0.05, 0.1) is 17.8 Å². The van der Waals surface area contributed by atoms with Gasteiger partial charge in [-0.2, -0.15) is 0 Å². The molecular weight excluding hydrogens is 457 g/mol. The number of aromatic nitrogens is 4. The number of carbonyl (C=O) groups excluding carboxylic acids is 1. The predicted octanol–water partition coefficient (Wildman–Crippen LogP) is 2.60. The molecule has 180 valence electrons. The molecule has 1 fully saturated rings. The number of fused-ring (bicyclic) bond motifs is 1. The Bertz CT molecular complexity index is 1470. The first-order valence-electron chi connectivity index (χ1n) is 10.9. The summed E-state index contributed by atoms with van der Waals surface area (Å²) in [6.07, 6.45) is 4.45. The minimum Gasteiger partial charge on any atom is -0.385 e. The van der Waals surface area contributed by atoms with Gasteiger partial charge in [0, 0.05) is 32.6 Å². The zero-order valence-electron chi connectivity index (χ0n) is 18.9. The Kier molecular flexibility index (Phi) is 5.87. The lowest BCUT2D eigenvalue weighted by atomic mass is 9.89. The van der Waals surface area contributed by atoms with E-state index in [1.54, 1.807) is 26.3 Å². The molecule has 0 aliphatic heterocycles. The van der Waals surface area contributed by atoms with E-state index in [9.17, 15) is 14.0 Å². The van der Waals surface area contributed by atoms with Crippen LogP contribution in [0.4, 0.5) is 21.6 Å². The summed E-state index contributed by atoms with van der Waals surface area (Å²) in [5.41, 5.74) is 0.638. The topological polar surface area (TPSA) is 136 Å². The van der Waals surface area contributed by atoms with Crippen molar-refractivity contribution in [3.8, 4) is 5.82 Å². The lowest BCUT2D eigenvalue weighted by molar-refractivity contribution is 0.00718. The summed E-state index contributed by atoms with van der Waals surface area (Å²) in [5.74, 6) is -0.932. The van der Waals surface area contributed by atoms with Crippen molar-refractivity contribution in [3.63, 3.8) is 0 Å². The molecule has 4 heterocycles. The highest BCUT2D eigenvalue weighted by molar-refractivity contribution is 6.05. The summed E-state index contributed by atoms with van der Waals surface area (Å²) in [6, 6.07) is 7.28. The molecule has 35 heavy (non-hydrogen) atoms. The molecule has 2 atom stereocenters. The number of halogens is 1. The first-order valence-corrected chi connectivity index (χ1v) is 10.9. The van der Waals surface area contributed by atoms with E-state index in [1.807, 2.05) is 0 Å². The van der Waals surface area contributed by atoms with Gasteiger partial charge in [-0.25, -0.2) is 14.4 Å². The van der Waals surface area contributed by atoms with Gasteiger partial charge in [-0.15, -0.1) is 0 Å². The second-order valence-corrected chi connectivity index (χ2v) is 7.98. The van der Waals surface area contributed by atoms with Crippen LogP contribution < -0.4 is 21.5 Å². The van der Waals surface area contributed by atoms with E-state index in [-0.39, 0.29) is 40.7 Å². The highest BCUT2D eigenvalue weighted by atomic mass is 19.1. The second-order valence-electron chi connectivity index (χ2n) is 7.98. The molecule has 12 heteroatoms. The maximum absolute atomic E-state index is 14.2. The summed E-state index contributed by atoms with van der Waals surface area (Å²) in [7, 11) is 3.28. The van der Waals surface area contributed by atoms with Crippen LogP contribution in [0.1, 0.15) is 23.3 Å². The van der Waals surface area contributed by atoms with Crippen molar-refractivity contribution in [2.24, 2.45) is 0 Å². The van der Waals surface area contributed by atoms with Gasteiger partial charge in [-0.05, 0) is 37.1 Å². The summed E-state index contributed by atoms with van der Waals surface area (Å²) < 4.78 is 26.0. The van der Waals surface area contributed by atoms with Crippen LogP contribution in [0.15, 0.2) is 52.0 Å². The van der Waals surface area contributed by atoms with Gasteiger partial charge < -0.3 is 25.2 Å². The fourth-order valence-corrected chi connectivity index (χ4v) is 3.92. The van der Waals surface area contributed by atoms with Gasteiger partial charge in [0.1, 0.15) is 17.0 Å². The lowest BCUT2D eigenvalue weighted by Gasteiger charge is -2.35. The Balaban J connectivity index is 1.49. The zero-order chi connectivity index (χ0) is 24.5. The largest absolute Gasteiger partial charge is 0.385 e. The molecule has 1 aliphatic carbocycles. The van der Waals surface area contributed by atoms with Crippen LogP contribution in [0.2, 0.25) is 0 Å². The number of anilines is 3. The maximum atomic E-state index is 14.2. The standard InChI is InChI=1S/C23H22FN7O4/c1-25-15-11-17(27-14-6-4-10-31(23(14)33)21-12(24)5-3-9-26-21)29-18-19(30-35-20(15)18)22(32)28-13-7-8-16(13)34-2/h3-6,9-11,13,16H,7-8H2,1-2H3,(H,28,32)(H2,25,27,29)/t13-,16-/m1/s1. The molecule has 1 aliphatic rings. The number of nitrogens with zero attached hydrogens (tertiary/aromatic N) is 4. The van der Waals surface area contributed by atoms with Crippen molar-refractivity contribution >= 4 is 34.2 Å². The highest BCUT2D eigenvalue weighted by Crippen LogP contribution is 2.29. The molecule has 0 bridgehead atoms.